The number of nitro groups is 1. The number of aromatic nitrogens is 1. The zero-order chi connectivity index (χ0) is 15.3. The minimum Gasteiger partial charge on any atom is -0.467 e. The standard InChI is InChI=1S/C13H19N3O4/c1-5-6-13(3,12(17)20-4)15-11-10(16(18)19)7-9(2)8-14-11/h7-8H,5-6H2,1-4H3,(H,14,15). The number of nitrogens with one attached hydrogen (secondary N) is 1. The van der Waals surface area contributed by atoms with Gasteiger partial charge in [0, 0.05) is 12.3 Å². The van der Waals surface area contributed by atoms with Gasteiger partial charge in [0.1, 0.15) is 5.54 Å². The Morgan fingerprint density at radius 2 is 2.25 bits per heavy atom. The lowest BCUT2D eigenvalue weighted by Gasteiger charge is -2.27. The second-order valence-electron chi connectivity index (χ2n) is 4.84. The Bertz CT molecular complexity index is 518. The largest absolute Gasteiger partial charge is 0.467 e. The van der Waals surface area contributed by atoms with Crippen LogP contribution in [0.3, 0.4) is 0 Å². The average Bonchev–Trinajstić information content (AvgIpc) is 2.39. The lowest BCUT2D eigenvalue weighted by atomic mass is 9.96. The van der Waals surface area contributed by atoms with Crippen LogP contribution in [0.4, 0.5) is 11.5 Å². The highest BCUT2D eigenvalue weighted by Gasteiger charge is 2.35. The summed E-state index contributed by atoms with van der Waals surface area (Å²) in [5, 5.41) is 13.9. The third-order valence-corrected chi connectivity index (χ3v) is 2.98. The van der Waals surface area contributed by atoms with Crippen LogP contribution in [0.2, 0.25) is 0 Å². The number of rotatable bonds is 6. The first-order chi connectivity index (χ1) is 9.34. The van der Waals surface area contributed by atoms with E-state index in [1.165, 1.54) is 19.4 Å². The number of anilines is 1. The van der Waals surface area contributed by atoms with Crippen molar-refractivity contribution in [3.8, 4) is 0 Å². The second kappa shape index (κ2) is 6.31. The molecule has 0 spiro atoms. The topological polar surface area (TPSA) is 94.4 Å². The molecule has 1 unspecified atom stereocenters. The van der Waals surface area contributed by atoms with Crippen molar-refractivity contribution in [1.82, 2.24) is 4.98 Å². The summed E-state index contributed by atoms with van der Waals surface area (Å²) in [6, 6.07) is 1.42. The molecule has 110 valence electrons. The SMILES string of the molecule is CCCC(C)(Nc1ncc(C)cc1[N+](=O)[O-])C(=O)OC. The Labute approximate surface area is 117 Å². The normalized spacial score (nSPS) is 13.4. The fourth-order valence-corrected chi connectivity index (χ4v) is 1.99. The Balaban J connectivity index is 3.18. The van der Waals surface area contributed by atoms with Crippen molar-refractivity contribution in [3.63, 3.8) is 0 Å². The van der Waals surface area contributed by atoms with Gasteiger partial charge in [-0.2, -0.15) is 0 Å². The highest BCUT2D eigenvalue weighted by Crippen LogP contribution is 2.28. The summed E-state index contributed by atoms with van der Waals surface area (Å²) in [4.78, 5) is 26.5. The molecule has 0 saturated heterocycles. The van der Waals surface area contributed by atoms with E-state index in [0.29, 0.717) is 12.0 Å². The molecule has 1 atom stereocenters. The van der Waals surface area contributed by atoms with Gasteiger partial charge in [0.25, 0.3) is 0 Å². The van der Waals surface area contributed by atoms with E-state index in [1.54, 1.807) is 13.8 Å². The number of hydrogen-bond donors (Lipinski definition) is 1. The third kappa shape index (κ3) is 3.43. The van der Waals surface area contributed by atoms with E-state index in [4.69, 9.17) is 4.74 Å². The fourth-order valence-electron chi connectivity index (χ4n) is 1.99. The Kier molecular flexibility index (Phi) is 5.01. The minimum absolute atomic E-state index is 0.0713. The van der Waals surface area contributed by atoms with Crippen molar-refractivity contribution in [1.29, 1.82) is 0 Å². The number of pyridine rings is 1. The monoisotopic (exact) mass is 281 g/mol. The van der Waals surface area contributed by atoms with E-state index >= 15 is 0 Å². The van der Waals surface area contributed by atoms with Crippen LogP contribution in [0.1, 0.15) is 32.3 Å². The summed E-state index contributed by atoms with van der Waals surface area (Å²) < 4.78 is 4.77. The minimum atomic E-state index is -1.05. The van der Waals surface area contributed by atoms with Crippen LogP contribution in [0.5, 0.6) is 0 Å². The van der Waals surface area contributed by atoms with Gasteiger partial charge in [0.15, 0.2) is 0 Å². The maximum atomic E-state index is 11.9. The molecular formula is C13H19N3O4. The molecule has 0 amide bonds. The Morgan fingerprint density at radius 3 is 2.75 bits per heavy atom. The van der Waals surface area contributed by atoms with Crippen molar-refractivity contribution < 1.29 is 14.5 Å². The number of nitrogens with zero attached hydrogens (tertiary/aromatic N) is 2. The van der Waals surface area contributed by atoms with Crippen molar-refractivity contribution in [2.45, 2.75) is 39.2 Å². The quantitative estimate of drug-likeness (QED) is 0.489. The summed E-state index contributed by atoms with van der Waals surface area (Å²) in [6.07, 6.45) is 2.71. The fraction of sp³-hybridized carbons (Fsp3) is 0.538. The highest BCUT2D eigenvalue weighted by molar-refractivity contribution is 5.84. The molecule has 1 N–H and O–H groups in total. The third-order valence-electron chi connectivity index (χ3n) is 2.98. The van der Waals surface area contributed by atoms with Crippen molar-refractivity contribution in [2.75, 3.05) is 12.4 Å². The molecule has 20 heavy (non-hydrogen) atoms. The summed E-state index contributed by atoms with van der Waals surface area (Å²) in [6.45, 7) is 5.28. The molecule has 1 rings (SSSR count). The van der Waals surface area contributed by atoms with Gasteiger partial charge in [-0.3, -0.25) is 10.1 Å². The van der Waals surface area contributed by atoms with E-state index in [1.807, 2.05) is 6.92 Å². The van der Waals surface area contributed by atoms with Gasteiger partial charge in [-0.05, 0) is 25.8 Å². The second-order valence-corrected chi connectivity index (χ2v) is 4.84. The lowest BCUT2D eigenvalue weighted by molar-refractivity contribution is -0.384. The maximum Gasteiger partial charge on any atom is 0.331 e. The number of ether oxygens (including phenoxy) is 1. The van der Waals surface area contributed by atoms with Gasteiger partial charge in [0.05, 0.1) is 12.0 Å². The van der Waals surface area contributed by atoms with E-state index in [0.717, 1.165) is 6.42 Å². The summed E-state index contributed by atoms with van der Waals surface area (Å²) >= 11 is 0. The van der Waals surface area contributed by atoms with Crippen LogP contribution in [0.25, 0.3) is 0 Å². The number of esters is 1. The molecule has 1 aromatic heterocycles. The smallest absolute Gasteiger partial charge is 0.331 e. The number of carbonyl (C=O) groups excluding carboxylic acids is 1. The van der Waals surface area contributed by atoms with Crippen LogP contribution < -0.4 is 5.32 Å². The van der Waals surface area contributed by atoms with Crippen molar-refractivity contribution in [2.24, 2.45) is 0 Å². The molecule has 0 bridgehead atoms. The van der Waals surface area contributed by atoms with Crippen LogP contribution >= 0.6 is 0 Å². The van der Waals surface area contributed by atoms with Gasteiger partial charge in [-0.1, -0.05) is 13.3 Å². The molecule has 0 fully saturated rings. The average molecular weight is 281 g/mol. The van der Waals surface area contributed by atoms with E-state index < -0.39 is 16.4 Å². The number of methoxy groups -OCH3 is 1. The van der Waals surface area contributed by atoms with Crippen molar-refractivity contribution >= 4 is 17.5 Å². The zero-order valence-electron chi connectivity index (χ0n) is 12.1. The van der Waals surface area contributed by atoms with Crippen LogP contribution in [-0.4, -0.2) is 28.5 Å². The van der Waals surface area contributed by atoms with Crippen molar-refractivity contribution in [3.05, 3.63) is 27.9 Å². The predicted octanol–water partition coefficient (Wildman–Crippen LogP) is 2.44. The van der Waals surface area contributed by atoms with Gasteiger partial charge in [-0.25, -0.2) is 9.78 Å². The molecule has 0 radical (unpaired) electrons. The molecular weight excluding hydrogens is 262 g/mol. The highest BCUT2D eigenvalue weighted by atomic mass is 16.6. The molecule has 0 saturated carbocycles. The van der Waals surface area contributed by atoms with Gasteiger partial charge >= 0.3 is 11.7 Å². The Morgan fingerprint density at radius 1 is 1.60 bits per heavy atom. The molecule has 1 aromatic rings. The molecule has 0 aromatic carbocycles. The number of carbonyl (C=O) groups is 1. The molecule has 0 aliphatic carbocycles. The van der Waals surface area contributed by atoms with Crippen LogP contribution in [0.15, 0.2) is 12.3 Å². The molecule has 0 aliphatic heterocycles. The molecule has 0 aliphatic rings. The number of aryl methyl sites for hydroxylation is 1. The molecule has 7 nitrogen and oxygen atoms in total. The lowest BCUT2D eigenvalue weighted by Crippen LogP contribution is -2.44. The molecule has 7 heteroatoms. The summed E-state index contributed by atoms with van der Waals surface area (Å²) in [5.74, 6) is -0.405. The number of hydrogen-bond acceptors (Lipinski definition) is 6. The van der Waals surface area contributed by atoms with Gasteiger partial charge in [0.2, 0.25) is 5.82 Å². The molecule has 1 heterocycles. The maximum absolute atomic E-state index is 11.9. The van der Waals surface area contributed by atoms with E-state index in [2.05, 4.69) is 10.3 Å². The first kappa shape index (κ1) is 15.9. The van der Waals surface area contributed by atoms with Gasteiger partial charge in [-0.15, -0.1) is 0 Å². The van der Waals surface area contributed by atoms with E-state index in [9.17, 15) is 14.9 Å². The summed E-state index contributed by atoms with van der Waals surface area (Å²) in [7, 11) is 1.29. The predicted molar refractivity (Wildman–Crippen MR) is 74.6 cm³/mol. The first-order valence-electron chi connectivity index (χ1n) is 6.31. The first-order valence-corrected chi connectivity index (χ1v) is 6.31. The Hall–Kier alpha value is -2.18. The van der Waals surface area contributed by atoms with Crippen LogP contribution in [0, 0.1) is 17.0 Å². The zero-order valence-corrected chi connectivity index (χ0v) is 12.1. The van der Waals surface area contributed by atoms with Gasteiger partial charge < -0.3 is 10.1 Å². The van der Waals surface area contributed by atoms with Crippen LogP contribution in [-0.2, 0) is 9.53 Å². The summed E-state index contributed by atoms with van der Waals surface area (Å²) in [5.41, 5.74) is -0.523. The van der Waals surface area contributed by atoms with E-state index in [-0.39, 0.29) is 11.5 Å².